The molecule has 44 heavy (non-hydrogen) atoms. The summed E-state index contributed by atoms with van der Waals surface area (Å²) in [5, 5.41) is 0. The van der Waals surface area contributed by atoms with E-state index in [1.807, 2.05) is 6.07 Å². The number of aromatic nitrogens is 2. The number of nitrogens with zero attached hydrogens (tertiary/aromatic N) is 4. The lowest BCUT2D eigenvalue weighted by Gasteiger charge is -2.35. The van der Waals surface area contributed by atoms with E-state index < -0.39 is 0 Å². The lowest BCUT2D eigenvalue weighted by molar-refractivity contribution is 0.253. The van der Waals surface area contributed by atoms with Crippen LogP contribution in [0.15, 0.2) is 83.8 Å². The molecule has 0 radical (unpaired) electrons. The zero-order valence-corrected chi connectivity index (χ0v) is 27.3. The molecule has 4 bridgehead atoms. The number of hydrogen-bond acceptors (Lipinski definition) is 7. The Bertz CT molecular complexity index is 1610. The number of nitrogens with one attached hydrogen (secondary N) is 1. The van der Waals surface area contributed by atoms with Crippen molar-refractivity contribution in [2.75, 3.05) is 36.4 Å². The second kappa shape index (κ2) is 13.4. The second-order valence-electron chi connectivity index (χ2n) is 12.5. The molecule has 228 valence electrons. The van der Waals surface area contributed by atoms with E-state index in [4.69, 9.17) is 14.7 Å². The summed E-state index contributed by atoms with van der Waals surface area (Å²) in [4.78, 5) is 15.7. The van der Waals surface area contributed by atoms with Crippen LogP contribution in [-0.4, -0.2) is 47.7 Å². The van der Waals surface area contributed by atoms with Crippen LogP contribution in [0, 0.1) is 19.8 Å². The average molecular weight is 606 g/mol. The summed E-state index contributed by atoms with van der Waals surface area (Å²) in [7, 11) is 2.18. The molecule has 1 atom stereocenters. The number of fused-ring (bicyclic) bond motifs is 4. The minimum atomic E-state index is 0.154. The molecule has 6 rings (SSSR count). The molecule has 0 amide bonds. The Morgan fingerprint density at radius 1 is 0.977 bits per heavy atom. The van der Waals surface area contributed by atoms with Gasteiger partial charge in [-0.05, 0) is 97.6 Å². The Kier molecular flexibility index (Phi) is 9.24. The van der Waals surface area contributed by atoms with Crippen LogP contribution < -0.4 is 14.4 Å². The minimum Gasteiger partial charge on any atom is -0.475 e. The third kappa shape index (κ3) is 7.11. The van der Waals surface area contributed by atoms with Gasteiger partial charge in [0.25, 0.3) is 0 Å². The van der Waals surface area contributed by atoms with Gasteiger partial charge in [-0.1, -0.05) is 68.5 Å². The zero-order valence-electron chi connectivity index (χ0n) is 26.5. The van der Waals surface area contributed by atoms with Gasteiger partial charge in [0.2, 0.25) is 11.8 Å². The van der Waals surface area contributed by atoms with Crippen molar-refractivity contribution in [2.45, 2.75) is 58.0 Å². The van der Waals surface area contributed by atoms with E-state index in [-0.39, 0.29) is 6.04 Å². The fourth-order valence-electron chi connectivity index (χ4n) is 6.22. The molecule has 0 spiro atoms. The predicted molar refractivity (Wildman–Crippen MR) is 184 cm³/mol. The van der Waals surface area contributed by atoms with Gasteiger partial charge in [0.05, 0.1) is 11.7 Å². The number of hydrogen-bond donors (Lipinski definition) is 1. The van der Waals surface area contributed by atoms with Crippen LogP contribution in [0.1, 0.15) is 48.9 Å². The Labute approximate surface area is 266 Å². The van der Waals surface area contributed by atoms with E-state index in [1.54, 1.807) is 0 Å². The van der Waals surface area contributed by atoms with Gasteiger partial charge in [-0.15, -0.1) is 0 Å². The summed E-state index contributed by atoms with van der Waals surface area (Å²) >= 11 is 1.53. The van der Waals surface area contributed by atoms with Gasteiger partial charge in [-0.3, -0.25) is 4.72 Å². The molecule has 1 aromatic heterocycles. The first-order valence-electron chi connectivity index (χ1n) is 15.7. The summed E-state index contributed by atoms with van der Waals surface area (Å²) in [5.74, 6) is 1.64. The first kappa shape index (κ1) is 30.2. The molecule has 3 heterocycles. The number of ether oxygens (including phenoxy) is 1. The molecule has 6 nitrogen and oxygen atoms in total. The number of anilines is 2. The summed E-state index contributed by atoms with van der Waals surface area (Å²) < 4.78 is 9.96. The zero-order chi connectivity index (χ0) is 30.6. The highest BCUT2D eigenvalue weighted by Gasteiger charge is 2.24. The maximum absolute atomic E-state index is 6.57. The molecule has 0 aliphatic carbocycles. The van der Waals surface area contributed by atoms with Crippen molar-refractivity contribution in [1.82, 2.24) is 14.9 Å². The smallest absolute Gasteiger partial charge is 0.237 e. The highest BCUT2D eigenvalue weighted by molar-refractivity contribution is 8.00. The molecule has 0 saturated heterocycles. The van der Waals surface area contributed by atoms with Gasteiger partial charge in [0.1, 0.15) is 6.61 Å². The molecule has 4 aromatic rings. The minimum absolute atomic E-state index is 0.154. The van der Waals surface area contributed by atoms with Crippen molar-refractivity contribution in [1.29, 1.82) is 0 Å². The van der Waals surface area contributed by atoms with Crippen LogP contribution in [0.4, 0.5) is 11.6 Å². The summed E-state index contributed by atoms with van der Waals surface area (Å²) in [6, 6.07) is 26.4. The Balaban J connectivity index is 1.33. The van der Waals surface area contributed by atoms with Crippen LogP contribution in [0.2, 0.25) is 0 Å². The third-order valence-electron chi connectivity index (χ3n) is 8.55. The molecule has 1 N–H and O–H groups in total. The summed E-state index contributed by atoms with van der Waals surface area (Å²) in [6.07, 6.45) is 4.46. The Morgan fingerprint density at radius 2 is 1.75 bits per heavy atom. The van der Waals surface area contributed by atoms with Crippen molar-refractivity contribution in [3.63, 3.8) is 0 Å². The van der Waals surface area contributed by atoms with Crippen molar-refractivity contribution in [3.05, 3.63) is 101 Å². The molecule has 0 saturated carbocycles. The molecule has 3 aromatic carbocycles. The van der Waals surface area contributed by atoms with Gasteiger partial charge >= 0.3 is 0 Å². The van der Waals surface area contributed by atoms with Crippen LogP contribution >= 0.6 is 11.9 Å². The van der Waals surface area contributed by atoms with E-state index in [1.165, 1.54) is 45.5 Å². The molecule has 1 unspecified atom stereocenters. The third-order valence-corrected chi connectivity index (χ3v) is 9.32. The van der Waals surface area contributed by atoms with Crippen molar-refractivity contribution in [2.24, 2.45) is 5.92 Å². The largest absolute Gasteiger partial charge is 0.475 e. The van der Waals surface area contributed by atoms with Gasteiger partial charge in [0, 0.05) is 41.8 Å². The monoisotopic (exact) mass is 605 g/mol. The topological polar surface area (TPSA) is 53.5 Å². The van der Waals surface area contributed by atoms with Crippen LogP contribution in [-0.2, 0) is 6.54 Å². The fraction of sp³-hybridized carbons (Fsp3) is 0.351. The fourth-order valence-corrected chi connectivity index (χ4v) is 6.84. The Hall–Kier alpha value is -3.81. The maximum atomic E-state index is 6.57. The van der Waals surface area contributed by atoms with E-state index in [2.05, 4.69) is 122 Å². The molecule has 7 heteroatoms. The van der Waals surface area contributed by atoms with Crippen LogP contribution in [0.5, 0.6) is 5.88 Å². The van der Waals surface area contributed by atoms with Crippen LogP contribution in [0.3, 0.4) is 0 Å². The first-order chi connectivity index (χ1) is 21.3. The number of aryl methyl sites for hydroxylation is 2. The molecular formula is C37H43N5OS. The maximum Gasteiger partial charge on any atom is 0.237 e. The quantitative estimate of drug-likeness (QED) is 0.222. The lowest BCUT2D eigenvalue weighted by Crippen LogP contribution is -2.40. The summed E-state index contributed by atoms with van der Waals surface area (Å²) in [5.41, 5.74) is 9.64. The van der Waals surface area contributed by atoms with Crippen LogP contribution in [0.25, 0.3) is 16.8 Å². The first-order valence-corrected chi connectivity index (χ1v) is 16.5. The molecule has 2 aliphatic rings. The summed E-state index contributed by atoms with van der Waals surface area (Å²) in [6.45, 7) is 12.3. The standard InChI is InChI=1S/C37H43N5OS/c1-25(2)20-32-24-43-35-22-34(36-26(3)8-6-9-27(36)4)38-37(39-35)40-44-33-11-7-10-31(21-33)42(32)23-28-12-14-29(15-13-28)30-16-18-41(5)19-17-30/h6-16,21-22,25,32H,17-20,23-24H2,1-5H3,(H,38,39,40). The van der Waals surface area contributed by atoms with Crippen molar-refractivity contribution >= 4 is 29.2 Å². The van der Waals surface area contributed by atoms with Gasteiger partial charge in [-0.2, -0.15) is 4.98 Å². The van der Waals surface area contributed by atoms with Crippen molar-refractivity contribution in [3.8, 4) is 17.1 Å². The number of rotatable bonds is 6. The van der Waals surface area contributed by atoms with E-state index in [0.717, 1.165) is 48.6 Å². The average Bonchev–Trinajstić information content (AvgIpc) is 3.01. The predicted octanol–water partition coefficient (Wildman–Crippen LogP) is 8.41. The molecule has 0 fully saturated rings. The van der Waals surface area contributed by atoms with E-state index >= 15 is 0 Å². The second-order valence-corrected chi connectivity index (χ2v) is 13.4. The highest BCUT2D eigenvalue weighted by atomic mass is 32.2. The van der Waals surface area contributed by atoms with Gasteiger partial charge in [0.15, 0.2) is 0 Å². The van der Waals surface area contributed by atoms with Gasteiger partial charge < -0.3 is 14.5 Å². The molecular weight excluding hydrogens is 563 g/mol. The lowest BCUT2D eigenvalue weighted by atomic mass is 9.98. The van der Waals surface area contributed by atoms with Gasteiger partial charge in [-0.25, -0.2) is 4.98 Å². The number of likely N-dealkylation sites (N-methyl/N-ethyl adjacent to an activating group) is 1. The normalized spacial score (nSPS) is 17.3. The van der Waals surface area contributed by atoms with E-state index in [9.17, 15) is 0 Å². The number of benzene rings is 3. The van der Waals surface area contributed by atoms with E-state index in [0.29, 0.717) is 24.4 Å². The highest BCUT2D eigenvalue weighted by Crippen LogP contribution is 2.33. The van der Waals surface area contributed by atoms with Crippen molar-refractivity contribution < 1.29 is 4.74 Å². The SMILES string of the molecule is Cc1cccc(C)c1-c1cc2nc(n1)NSc1cccc(c1)N(Cc1ccc(C3=CCN(C)CC3)cc1)C(CC(C)C)CO2. The Morgan fingerprint density at radius 3 is 2.48 bits per heavy atom. The molecule has 2 aliphatic heterocycles.